The van der Waals surface area contributed by atoms with Crippen molar-refractivity contribution in [1.82, 2.24) is 14.9 Å². The van der Waals surface area contributed by atoms with Crippen LogP contribution in [0, 0.1) is 6.92 Å². The maximum Gasteiger partial charge on any atom is 0.261 e. The van der Waals surface area contributed by atoms with Crippen molar-refractivity contribution in [3.8, 4) is 5.69 Å². The smallest absolute Gasteiger partial charge is 0.261 e. The van der Waals surface area contributed by atoms with Crippen molar-refractivity contribution in [2.75, 3.05) is 4.72 Å². The molecule has 4 aromatic rings. The number of aromatic nitrogens is 2. The summed E-state index contributed by atoms with van der Waals surface area (Å²) in [7, 11) is -3.69. The Morgan fingerprint density at radius 2 is 1.62 bits per heavy atom. The van der Waals surface area contributed by atoms with Crippen LogP contribution < -0.4 is 10.0 Å². The molecule has 0 saturated carbocycles. The Labute approximate surface area is 186 Å². The first-order valence-electron chi connectivity index (χ1n) is 9.96. The Kier molecular flexibility index (Phi) is 6.04. The number of anilines is 1. The summed E-state index contributed by atoms with van der Waals surface area (Å²) in [5.74, 6) is -0.239. The molecule has 3 aromatic carbocycles. The van der Waals surface area contributed by atoms with E-state index in [0.29, 0.717) is 17.8 Å². The van der Waals surface area contributed by atoms with E-state index >= 15 is 0 Å². The first-order chi connectivity index (χ1) is 15.4. The third-order valence-electron chi connectivity index (χ3n) is 4.92. The highest BCUT2D eigenvalue weighted by atomic mass is 32.2. The molecule has 32 heavy (non-hydrogen) atoms. The normalized spacial score (nSPS) is 11.2. The van der Waals surface area contributed by atoms with E-state index in [1.165, 1.54) is 0 Å². The second-order valence-electron chi connectivity index (χ2n) is 7.31. The van der Waals surface area contributed by atoms with Gasteiger partial charge in [-0.3, -0.25) is 9.52 Å². The monoisotopic (exact) mass is 446 g/mol. The van der Waals surface area contributed by atoms with Crippen LogP contribution in [0.1, 0.15) is 21.5 Å². The van der Waals surface area contributed by atoms with E-state index in [1.807, 2.05) is 42.0 Å². The summed E-state index contributed by atoms with van der Waals surface area (Å²) in [4.78, 5) is 16.7. The predicted octanol–water partition coefficient (Wildman–Crippen LogP) is 3.91. The van der Waals surface area contributed by atoms with E-state index in [-0.39, 0.29) is 10.8 Å². The molecule has 1 aromatic heterocycles. The number of benzene rings is 3. The number of sulfonamides is 1. The Balaban J connectivity index is 1.35. The second kappa shape index (κ2) is 9.07. The van der Waals surface area contributed by atoms with Gasteiger partial charge in [0.2, 0.25) is 0 Å². The molecule has 0 unspecified atom stereocenters. The second-order valence-corrected chi connectivity index (χ2v) is 9.00. The Bertz CT molecular complexity index is 1300. The van der Waals surface area contributed by atoms with Crippen LogP contribution in [-0.2, 0) is 16.6 Å². The molecule has 0 radical (unpaired) electrons. The summed E-state index contributed by atoms with van der Waals surface area (Å²) in [5, 5.41) is 2.87. The zero-order chi connectivity index (χ0) is 22.6. The van der Waals surface area contributed by atoms with Gasteiger partial charge in [0, 0.05) is 35.9 Å². The molecule has 162 valence electrons. The van der Waals surface area contributed by atoms with Crippen LogP contribution in [0.3, 0.4) is 0 Å². The van der Waals surface area contributed by atoms with Crippen LogP contribution in [0.4, 0.5) is 5.69 Å². The quantitative estimate of drug-likeness (QED) is 0.450. The van der Waals surface area contributed by atoms with Gasteiger partial charge in [-0.15, -0.1) is 0 Å². The molecular formula is C24H22N4O3S. The molecule has 1 heterocycles. The molecule has 1 amide bonds. The third kappa shape index (κ3) is 5.04. The van der Waals surface area contributed by atoms with Gasteiger partial charge in [-0.1, -0.05) is 29.8 Å². The van der Waals surface area contributed by atoms with E-state index in [2.05, 4.69) is 15.0 Å². The van der Waals surface area contributed by atoms with E-state index in [0.717, 1.165) is 16.8 Å². The van der Waals surface area contributed by atoms with E-state index in [4.69, 9.17) is 0 Å². The molecular weight excluding hydrogens is 424 g/mol. The number of aryl methyl sites for hydroxylation is 1. The molecule has 2 N–H and O–H groups in total. The molecule has 4 rings (SSSR count). The number of hydrogen-bond acceptors (Lipinski definition) is 4. The van der Waals surface area contributed by atoms with Crippen molar-refractivity contribution in [1.29, 1.82) is 0 Å². The fourth-order valence-corrected chi connectivity index (χ4v) is 4.16. The number of nitrogens with zero attached hydrogens (tertiary/aromatic N) is 2. The highest BCUT2D eigenvalue weighted by Gasteiger charge is 2.14. The predicted molar refractivity (Wildman–Crippen MR) is 123 cm³/mol. The van der Waals surface area contributed by atoms with Gasteiger partial charge in [0.1, 0.15) is 0 Å². The van der Waals surface area contributed by atoms with Crippen LogP contribution in [-0.4, -0.2) is 23.9 Å². The largest absolute Gasteiger partial charge is 0.348 e. The maximum absolute atomic E-state index is 12.5. The zero-order valence-electron chi connectivity index (χ0n) is 17.4. The molecule has 0 atom stereocenters. The summed E-state index contributed by atoms with van der Waals surface area (Å²) < 4.78 is 29.4. The molecule has 0 fully saturated rings. The Morgan fingerprint density at radius 3 is 2.25 bits per heavy atom. The van der Waals surface area contributed by atoms with Crippen molar-refractivity contribution in [3.05, 3.63) is 108 Å². The van der Waals surface area contributed by atoms with Crippen molar-refractivity contribution >= 4 is 21.6 Å². The minimum atomic E-state index is -3.69. The average Bonchev–Trinajstić information content (AvgIpc) is 3.33. The average molecular weight is 447 g/mol. The number of imidazole rings is 1. The van der Waals surface area contributed by atoms with Gasteiger partial charge < -0.3 is 9.88 Å². The molecule has 0 bridgehead atoms. The molecule has 0 aliphatic carbocycles. The number of hydrogen-bond donors (Lipinski definition) is 2. The standard InChI is InChI=1S/C24H22N4O3S/c1-18-2-12-23(13-3-18)32(30,31)27-21-8-6-20(7-9-21)24(29)26-16-19-4-10-22(11-5-19)28-15-14-25-17-28/h2-15,17,27H,16H2,1H3,(H,26,29). The van der Waals surface area contributed by atoms with Crippen LogP contribution in [0.25, 0.3) is 5.69 Å². The van der Waals surface area contributed by atoms with Crippen molar-refractivity contribution < 1.29 is 13.2 Å². The number of nitrogens with one attached hydrogen (secondary N) is 2. The van der Waals surface area contributed by atoms with Crippen molar-refractivity contribution in [3.63, 3.8) is 0 Å². The number of rotatable bonds is 7. The lowest BCUT2D eigenvalue weighted by Gasteiger charge is -2.10. The summed E-state index contributed by atoms with van der Waals surface area (Å²) >= 11 is 0. The highest BCUT2D eigenvalue weighted by molar-refractivity contribution is 7.92. The Hall–Kier alpha value is -3.91. The maximum atomic E-state index is 12.5. The lowest BCUT2D eigenvalue weighted by Crippen LogP contribution is -2.22. The SMILES string of the molecule is Cc1ccc(S(=O)(=O)Nc2ccc(C(=O)NCc3ccc(-n4ccnc4)cc3)cc2)cc1. The van der Waals surface area contributed by atoms with Crippen LogP contribution in [0.2, 0.25) is 0 Å². The Morgan fingerprint density at radius 1 is 0.938 bits per heavy atom. The summed E-state index contributed by atoms with van der Waals surface area (Å²) in [6, 6.07) is 20.7. The van der Waals surface area contributed by atoms with Gasteiger partial charge in [0.15, 0.2) is 0 Å². The molecule has 8 heteroatoms. The van der Waals surface area contributed by atoms with E-state index in [9.17, 15) is 13.2 Å². The number of carbonyl (C=O) groups is 1. The third-order valence-corrected chi connectivity index (χ3v) is 6.32. The first kappa shape index (κ1) is 21.3. The van der Waals surface area contributed by atoms with Gasteiger partial charge >= 0.3 is 0 Å². The fraction of sp³-hybridized carbons (Fsp3) is 0.0833. The van der Waals surface area contributed by atoms with Crippen LogP contribution in [0.5, 0.6) is 0 Å². The van der Waals surface area contributed by atoms with Gasteiger partial charge in [-0.25, -0.2) is 13.4 Å². The summed E-state index contributed by atoms with van der Waals surface area (Å²) in [6.07, 6.45) is 5.30. The molecule has 7 nitrogen and oxygen atoms in total. The van der Waals surface area contributed by atoms with Gasteiger partial charge in [-0.2, -0.15) is 0 Å². The van der Waals surface area contributed by atoms with Gasteiger partial charge in [-0.05, 0) is 61.0 Å². The zero-order valence-corrected chi connectivity index (χ0v) is 18.2. The van der Waals surface area contributed by atoms with Crippen LogP contribution in [0.15, 0.2) is 96.4 Å². The summed E-state index contributed by atoms with van der Waals surface area (Å²) in [5.41, 5.74) is 3.76. The minimum absolute atomic E-state index is 0.184. The van der Waals surface area contributed by atoms with Gasteiger partial charge in [0.05, 0.1) is 11.2 Å². The lowest BCUT2D eigenvalue weighted by atomic mass is 10.1. The number of amides is 1. The molecule has 0 saturated heterocycles. The van der Waals surface area contributed by atoms with Gasteiger partial charge in [0.25, 0.3) is 15.9 Å². The van der Waals surface area contributed by atoms with Crippen molar-refractivity contribution in [2.45, 2.75) is 18.4 Å². The first-order valence-corrected chi connectivity index (χ1v) is 11.4. The number of carbonyl (C=O) groups excluding carboxylic acids is 1. The highest BCUT2D eigenvalue weighted by Crippen LogP contribution is 2.17. The lowest BCUT2D eigenvalue weighted by molar-refractivity contribution is 0.0951. The van der Waals surface area contributed by atoms with Crippen molar-refractivity contribution in [2.24, 2.45) is 0 Å². The summed E-state index contributed by atoms with van der Waals surface area (Å²) in [6.45, 7) is 2.27. The van der Waals surface area contributed by atoms with Crippen LogP contribution >= 0.6 is 0 Å². The van der Waals surface area contributed by atoms with E-state index < -0.39 is 10.0 Å². The topological polar surface area (TPSA) is 93.1 Å². The fourth-order valence-electron chi connectivity index (χ4n) is 3.10. The molecule has 0 aliphatic rings. The molecule has 0 aliphatic heterocycles. The minimum Gasteiger partial charge on any atom is -0.348 e. The van der Waals surface area contributed by atoms with E-state index in [1.54, 1.807) is 61.1 Å². The molecule has 0 spiro atoms.